The molecule has 104 valence electrons. The molecule has 2 fully saturated rings. The Morgan fingerprint density at radius 1 is 1.11 bits per heavy atom. The van der Waals surface area contributed by atoms with Gasteiger partial charge < -0.3 is 10.2 Å². The second kappa shape index (κ2) is 5.20. The summed E-state index contributed by atoms with van der Waals surface area (Å²) in [6, 6.07) is 0. The summed E-state index contributed by atoms with van der Waals surface area (Å²) >= 11 is 0. The Hall–Kier alpha value is -0.570. The zero-order chi connectivity index (χ0) is 13.2. The Labute approximate surface area is 110 Å². The molecule has 0 bridgehead atoms. The molecule has 0 heterocycles. The Kier molecular flexibility index (Phi) is 4.00. The third kappa shape index (κ3) is 3.71. The van der Waals surface area contributed by atoms with Crippen LogP contribution in [-0.4, -0.2) is 22.3 Å². The van der Waals surface area contributed by atoms with Crippen LogP contribution in [0.15, 0.2) is 0 Å². The van der Waals surface area contributed by atoms with Crippen molar-refractivity contribution in [3.05, 3.63) is 0 Å². The minimum atomic E-state index is -0.640. The second-order valence-electron chi connectivity index (χ2n) is 6.83. The first-order valence-corrected chi connectivity index (χ1v) is 7.37. The van der Waals surface area contributed by atoms with Crippen LogP contribution >= 0.6 is 0 Å². The normalized spacial score (nSPS) is 24.6. The number of carboxylic acids is 1. The van der Waals surface area contributed by atoms with Crippen LogP contribution in [0.1, 0.15) is 71.1 Å². The fourth-order valence-corrected chi connectivity index (χ4v) is 2.77. The van der Waals surface area contributed by atoms with Crippen molar-refractivity contribution in [2.24, 2.45) is 10.8 Å². The lowest BCUT2D eigenvalue weighted by atomic mass is 9.95. The van der Waals surface area contributed by atoms with Gasteiger partial charge >= 0.3 is 5.97 Å². The smallest absolute Gasteiger partial charge is 0.309 e. The van der Waals surface area contributed by atoms with Gasteiger partial charge in [-0.3, -0.25) is 4.79 Å². The number of aliphatic hydroxyl groups excluding tert-OH is 1. The van der Waals surface area contributed by atoms with E-state index in [1.165, 1.54) is 19.3 Å². The number of carboxylic acid groups (broad SMARTS) is 1. The van der Waals surface area contributed by atoms with E-state index in [1.807, 2.05) is 0 Å². The highest BCUT2D eigenvalue weighted by molar-refractivity contribution is 5.77. The largest absolute Gasteiger partial charge is 0.481 e. The topological polar surface area (TPSA) is 57.5 Å². The number of rotatable bonds is 9. The maximum absolute atomic E-state index is 11.0. The fourth-order valence-electron chi connectivity index (χ4n) is 2.77. The van der Waals surface area contributed by atoms with Gasteiger partial charge in [0.1, 0.15) is 0 Å². The number of aliphatic carboxylic acids is 1. The zero-order valence-corrected chi connectivity index (χ0v) is 11.5. The van der Waals surface area contributed by atoms with Crippen molar-refractivity contribution in [2.45, 2.75) is 77.2 Å². The fraction of sp³-hybridized carbons (Fsp3) is 0.933. The molecular weight excluding hydrogens is 228 g/mol. The molecule has 2 N–H and O–H groups in total. The van der Waals surface area contributed by atoms with Gasteiger partial charge in [-0.05, 0) is 63.2 Å². The summed E-state index contributed by atoms with van der Waals surface area (Å²) in [4.78, 5) is 11.0. The first kappa shape index (κ1) is 13.9. The van der Waals surface area contributed by atoms with Crippen molar-refractivity contribution in [1.82, 2.24) is 0 Å². The van der Waals surface area contributed by atoms with E-state index in [2.05, 4.69) is 6.92 Å². The van der Waals surface area contributed by atoms with Gasteiger partial charge in [-0.15, -0.1) is 0 Å². The summed E-state index contributed by atoms with van der Waals surface area (Å²) in [6.07, 6.45) is 9.74. The van der Waals surface area contributed by atoms with E-state index in [-0.39, 0.29) is 6.10 Å². The Balaban J connectivity index is 1.52. The molecule has 0 aromatic carbocycles. The van der Waals surface area contributed by atoms with Crippen molar-refractivity contribution in [3.63, 3.8) is 0 Å². The highest BCUT2D eigenvalue weighted by Crippen LogP contribution is 2.50. The van der Waals surface area contributed by atoms with Crippen LogP contribution in [0.25, 0.3) is 0 Å². The molecular formula is C15H26O3. The van der Waals surface area contributed by atoms with Crippen LogP contribution in [-0.2, 0) is 4.79 Å². The van der Waals surface area contributed by atoms with Gasteiger partial charge in [0.25, 0.3) is 0 Å². The van der Waals surface area contributed by atoms with E-state index in [4.69, 9.17) is 5.11 Å². The Morgan fingerprint density at radius 3 is 2.11 bits per heavy atom. The molecule has 2 rings (SSSR count). The number of hydrogen-bond acceptors (Lipinski definition) is 2. The lowest BCUT2D eigenvalue weighted by Crippen LogP contribution is -2.16. The van der Waals surface area contributed by atoms with Crippen LogP contribution in [0.2, 0.25) is 0 Å². The number of hydrogen-bond donors (Lipinski definition) is 2. The maximum Gasteiger partial charge on any atom is 0.309 e. The predicted octanol–water partition coefficient (Wildman–Crippen LogP) is 3.35. The van der Waals surface area contributed by atoms with Crippen molar-refractivity contribution < 1.29 is 15.0 Å². The van der Waals surface area contributed by atoms with Crippen LogP contribution in [0, 0.1) is 10.8 Å². The summed E-state index contributed by atoms with van der Waals surface area (Å²) in [5.74, 6) is -0.640. The van der Waals surface area contributed by atoms with Gasteiger partial charge in [0.15, 0.2) is 0 Å². The van der Waals surface area contributed by atoms with Crippen LogP contribution in [0.5, 0.6) is 0 Å². The van der Waals surface area contributed by atoms with Gasteiger partial charge in [0.05, 0.1) is 11.5 Å². The molecule has 0 saturated heterocycles. The van der Waals surface area contributed by atoms with Crippen molar-refractivity contribution in [1.29, 1.82) is 0 Å². The highest BCUT2D eigenvalue weighted by atomic mass is 16.4. The van der Waals surface area contributed by atoms with Crippen molar-refractivity contribution >= 4 is 5.97 Å². The molecule has 18 heavy (non-hydrogen) atoms. The molecule has 2 saturated carbocycles. The molecule has 0 aromatic heterocycles. The molecule has 3 heteroatoms. The van der Waals surface area contributed by atoms with Crippen molar-refractivity contribution in [3.8, 4) is 0 Å². The average molecular weight is 254 g/mol. The van der Waals surface area contributed by atoms with Crippen molar-refractivity contribution in [2.75, 3.05) is 0 Å². The molecule has 0 amide bonds. The minimum Gasteiger partial charge on any atom is -0.481 e. The van der Waals surface area contributed by atoms with E-state index < -0.39 is 11.4 Å². The van der Waals surface area contributed by atoms with Crippen LogP contribution in [0.3, 0.4) is 0 Å². The lowest BCUT2D eigenvalue weighted by molar-refractivity contribution is -0.143. The summed E-state index contributed by atoms with van der Waals surface area (Å²) in [6.45, 7) is 2.32. The van der Waals surface area contributed by atoms with E-state index in [0.29, 0.717) is 5.41 Å². The first-order valence-electron chi connectivity index (χ1n) is 7.37. The molecule has 0 aliphatic heterocycles. The third-order valence-electron chi connectivity index (χ3n) is 4.92. The van der Waals surface area contributed by atoms with E-state index in [9.17, 15) is 9.90 Å². The Bertz CT molecular complexity index is 303. The Morgan fingerprint density at radius 2 is 1.67 bits per heavy atom. The van der Waals surface area contributed by atoms with Gasteiger partial charge in [-0.1, -0.05) is 13.3 Å². The summed E-state index contributed by atoms with van der Waals surface area (Å²) in [5.41, 5.74) is 0.169. The minimum absolute atomic E-state index is 0.225. The summed E-state index contributed by atoms with van der Waals surface area (Å²) in [7, 11) is 0. The summed E-state index contributed by atoms with van der Waals surface area (Å²) < 4.78 is 0. The maximum atomic E-state index is 11.0. The third-order valence-corrected chi connectivity index (χ3v) is 4.92. The summed E-state index contributed by atoms with van der Waals surface area (Å²) in [5, 5.41) is 18.9. The zero-order valence-electron chi connectivity index (χ0n) is 11.5. The van der Waals surface area contributed by atoms with Gasteiger partial charge in [0.2, 0.25) is 0 Å². The molecule has 0 aromatic rings. The molecule has 0 spiro atoms. The first-order chi connectivity index (χ1) is 8.46. The quantitative estimate of drug-likeness (QED) is 0.663. The van der Waals surface area contributed by atoms with Crippen LogP contribution in [0.4, 0.5) is 0 Å². The number of aliphatic hydroxyl groups is 1. The predicted molar refractivity (Wildman–Crippen MR) is 70.4 cm³/mol. The van der Waals surface area contributed by atoms with Gasteiger partial charge in [0, 0.05) is 0 Å². The second-order valence-corrected chi connectivity index (χ2v) is 6.83. The molecule has 2 aliphatic carbocycles. The average Bonchev–Trinajstić information content (AvgIpc) is 3.18. The molecule has 1 atom stereocenters. The number of carbonyl (C=O) groups is 1. The molecule has 1 unspecified atom stereocenters. The molecule has 3 nitrogen and oxygen atoms in total. The van der Waals surface area contributed by atoms with Crippen LogP contribution < -0.4 is 0 Å². The molecule has 2 aliphatic rings. The van der Waals surface area contributed by atoms with E-state index in [0.717, 1.165) is 44.9 Å². The molecule has 0 radical (unpaired) electrons. The lowest BCUT2D eigenvalue weighted by Gasteiger charge is -2.14. The monoisotopic (exact) mass is 254 g/mol. The van der Waals surface area contributed by atoms with Gasteiger partial charge in [-0.2, -0.15) is 0 Å². The highest BCUT2D eigenvalue weighted by Gasteiger charge is 2.49. The van der Waals surface area contributed by atoms with E-state index >= 15 is 0 Å². The van der Waals surface area contributed by atoms with E-state index in [1.54, 1.807) is 0 Å². The SMILES string of the molecule is CC1(CCCC(O)CCCC2(C(=O)O)CC2)CC1. The standard InChI is InChI=1S/C15H26O3/c1-14(8-9-14)6-2-4-12(16)5-3-7-15(10-11-15)13(17)18/h12,16H,2-11H2,1H3,(H,17,18). The van der Waals surface area contributed by atoms with Gasteiger partial charge in [-0.25, -0.2) is 0 Å².